The van der Waals surface area contributed by atoms with Gasteiger partial charge in [-0.1, -0.05) is 6.07 Å². The lowest BCUT2D eigenvalue weighted by atomic mass is 9.97. The van der Waals surface area contributed by atoms with Crippen LogP contribution in [-0.4, -0.2) is 27.6 Å². The van der Waals surface area contributed by atoms with E-state index in [1.165, 1.54) is 12.4 Å². The monoisotopic (exact) mass is 255 g/mol. The molecule has 0 fully saturated rings. The molecule has 0 saturated heterocycles. The Morgan fingerprint density at radius 2 is 2.26 bits per heavy atom. The van der Waals surface area contributed by atoms with Gasteiger partial charge in [0.2, 0.25) is 5.95 Å². The van der Waals surface area contributed by atoms with Crippen LogP contribution in [0.4, 0.5) is 11.6 Å². The molecule has 3 rings (SSSR count). The van der Waals surface area contributed by atoms with Crippen molar-refractivity contribution < 1.29 is 4.79 Å². The molecule has 0 spiro atoms. The van der Waals surface area contributed by atoms with Crippen molar-refractivity contribution >= 4 is 17.5 Å². The van der Waals surface area contributed by atoms with Gasteiger partial charge in [0.15, 0.2) is 0 Å². The summed E-state index contributed by atoms with van der Waals surface area (Å²) in [4.78, 5) is 16.2. The zero-order valence-electron chi connectivity index (χ0n) is 10.3. The van der Waals surface area contributed by atoms with E-state index in [1.807, 2.05) is 18.2 Å². The number of anilines is 2. The number of benzene rings is 1. The molecule has 0 atom stereocenters. The lowest BCUT2D eigenvalue weighted by Crippen LogP contribution is -2.20. The lowest BCUT2D eigenvalue weighted by molar-refractivity contribution is 0.102. The van der Waals surface area contributed by atoms with Gasteiger partial charge in [-0.15, -0.1) is 5.10 Å². The van der Waals surface area contributed by atoms with Gasteiger partial charge >= 0.3 is 0 Å². The molecule has 0 aliphatic carbocycles. The van der Waals surface area contributed by atoms with Gasteiger partial charge in [-0.2, -0.15) is 5.10 Å². The first-order valence-corrected chi connectivity index (χ1v) is 6.15. The van der Waals surface area contributed by atoms with E-state index in [1.54, 1.807) is 0 Å². The smallest absolute Gasteiger partial charge is 0.258 e. The van der Waals surface area contributed by atoms with Crippen LogP contribution >= 0.6 is 0 Å². The van der Waals surface area contributed by atoms with Crippen LogP contribution in [0, 0.1) is 0 Å². The molecule has 0 saturated carbocycles. The minimum Gasteiger partial charge on any atom is -0.385 e. The standard InChI is InChI=1S/C13H13N5O/c19-12(17-13-15-7-8-16-18-13)10-3-1-5-11-9(10)4-2-6-14-11/h1,3,5,7-8,14H,2,4,6H2,(H,15,17,18,19). The molecular formula is C13H13N5O. The number of aromatic nitrogens is 3. The molecule has 96 valence electrons. The summed E-state index contributed by atoms with van der Waals surface area (Å²) in [5, 5.41) is 13.4. The van der Waals surface area contributed by atoms with E-state index in [-0.39, 0.29) is 11.9 Å². The second-order valence-electron chi connectivity index (χ2n) is 4.28. The minimum absolute atomic E-state index is 0.200. The number of nitrogens with one attached hydrogen (secondary N) is 2. The van der Waals surface area contributed by atoms with Crippen molar-refractivity contribution in [1.29, 1.82) is 0 Å². The zero-order chi connectivity index (χ0) is 13.1. The van der Waals surface area contributed by atoms with Crippen LogP contribution < -0.4 is 10.6 Å². The van der Waals surface area contributed by atoms with Crippen LogP contribution in [0.15, 0.2) is 30.6 Å². The van der Waals surface area contributed by atoms with Crippen LogP contribution in [-0.2, 0) is 6.42 Å². The fraction of sp³-hybridized carbons (Fsp3) is 0.231. The number of fused-ring (bicyclic) bond motifs is 1. The van der Waals surface area contributed by atoms with E-state index < -0.39 is 0 Å². The van der Waals surface area contributed by atoms with E-state index in [4.69, 9.17) is 0 Å². The van der Waals surface area contributed by atoms with Gasteiger partial charge in [0.1, 0.15) is 0 Å². The molecule has 1 amide bonds. The fourth-order valence-electron chi connectivity index (χ4n) is 2.20. The third-order valence-electron chi connectivity index (χ3n) is 3.05. The van der Waals surface area contributed by atoms with E-state index in [2.05, 4.69) is 25.8 Å². The van der Waals surface area contributed by atoms with Crippen molar-refractivity contribution in [3.63, 3.8) is 0 Å². The first-order valence-electron chi connectivity index (χ1n) is 6.15. The van der Waals surface area contributed by atoms with E-state index >= 15 is 0 Å². The zero-order valence-corrected chi connectivity index (χ0v) is 10.3. The Kier molecular flexibility index (Phi) is 3.06. The number of nitrogens with zero attached hydrogens (tertiary/aromatic N) is 3. The van der Waals surface area contributed by atoms with Crippen LogP contribution in [0.2, 0.25) is 0 Å². The molecular weight excluding hydrogens is 242 g/mol. The molecule has 1 aliphatic rings. The number of carbonyl (C=O) groups is 1. The van der Waals surface area contributed by atoms with Crippen LogP contribution in [0.1, 0.15) is 22.3 Å². The number of hydrogen-bond acceptors (Lipinski definition) is 5. The van der Waals surface area contributed by atoms with Gasteiger partial charge < -0.3 is 5.32 Å². The van der Waals surface area contributed by atoms with Crippen LogP contribution in [0.25, 0.3) is 0 Å². The first-order chi connectivity index (χ1) is 9.34. The molecule has 6 heteroatoms. The molecule has 2 heterocycles. The predicted molar refractivity (Wildman–Crippen MR) is 71.0 cm³/mol. The number of hydrogen-bond donors (Lipinski definition) is 2. The molecule has 2 N–H and O–H groups in total. The van der Waals surface area contributed by atoms with Crippen LogP contribution in [0.5, 0.6) is 0 Å². The summed E-state index contributed by atoms with van der Waals surface area (Å²) in [5.41, 5.74) is 2.75. The van der Waals surface area contributed by atoms with E-state index in [0.717, 1.165) is 30.6 Å². The summed E-state index contributed by atoms with van der Waals surface area (Å²) >= 11 is 0. The number of carbonyl (C=O) groups excluding carboxylic acids is 1. The number of rotatable bonds is 2. The highest BCUT2D eigenvalue weighted by molar-refractivity contribution is 6.05. The van der Waals surface area contributed by atoms with Gasteiger partial charge in [0, 0.05) is 17.8 Å². The topological polar surface area (TPSA) is 79.8 Å². The minimum atomic E-state index is -0.200. The van der Waals surface area contributed by atoms with Gasteiger partial charge in [-0.3, -0.25) is 10.1 Å². The van der Waals surface area contributed by atoms with Crippen molar-refractivity contribution in [2.24, 2.45) is 0 Å². The third-order valence-corrected chi connectivity index (χ3v) is 3.05. The van der Waals surface area contributed by atoms with Gasteiger partial charge in [-0.25, -0.2) is 4.98 Å². The fourth-order valence-corrected chi connectivity index (χ4v) is 2.20. The Labute approximate surface area is 110 Å². The molecule has 1 aliphatic heterocycles. The summed E-state index contributed by atoms with van der Waals surface area (Å²) in [6.45, 7) is 0.948. The van der Waals surface area contributed by atoms with Crippen molar-refractivity contribution in [2.75, 3.05) is 17.2 Å². The second kappa shape index (κ2) is 5.01. The van der Waals surface area contributed by atoms with Crippen LogP contribution in [0.3, 0.4) is 0 Å². The number of amides is 1. The quantitative estimate of drug-likeness (QED) is 0.849. The van der Waals surface area contributed by atoms with Crippen molar-refractivity contribution in [3.05, 3.63) is 41.7 Å². The average Bonchev–Trinajstić information content (AvgIpc) is 2.47. The molecule has 2 aromatic rings. The molecule has 6 nitrogen and oxygen atoms in total. The summed E-state index contributed by atoms with van der Waals surface area (Å²) in [6.07, 6.45) is 4.88. The van der Waals surface area contributed by atoms with Gasteiger partial charge in [0.05, 0.1) is 12.4 Å². The van der Waals surface area contributed by atoms with E-state index in [9.17, 15) is 4.79 Å². The predicted octanol–water partition coefficient (Wildman–Crippen LogP) is 1.48. The van der Waals surface area contributed by atoms with Gasteiger partial charge in [-0.05, 0) is 30.5 Å². The molecule has 1 aromatic carbocycles. The Hall–Kier alpha value is -2.50. The molecule has 0 radical (unpaired) electrons. The van der Waals surface area contributed by atoms with E-state index in [0.29, 0.717) is 5.56 Å². The highest BCUT2D eigenvalue weighted by atomic mass is 16.1. The largest absolute Gasteiger partial charge is 0.385 e. The van der Waals surface area contributed by atoms with Gasteiger partial charge in [0.25, 0.3) is 5.91 Å². The lowest BCUT2D eigenvalue weighted by Gasteiger charge is -2.20. The highest BCUT2D eigenvalue weighted by Gasteiger charge is 2.17. The Bertz CT molecular complexity index is 599. The van der Waals surface area contributed by atoms with Crippen molar-refractivity contribution in [1.82, 2.24) is 15.2 Å². The molecule has 19 heavy (non-hydrogen) atoms. The Balaban J connectivity index is 1.88. The Morgan fingerprint density at radius 3 is 3.11 bits per heavy atom. The SMILES string of the molecule is O=C(Nc1nccnn1)c1cccc2c1CCCN2. The summed E-state index contributed by atoms with van der Waals surface area (Å²) in [7, 11) is 0. The normalized spacial score (nSPS) is 13.3. The van der Waals surface area contributed by atoms with Crippen molar-refractivity contribution in [2.45, 2.75) is 12.8 Å². The molecule has 1 aromatic heterocycles. The highest BCUT2D eigenvalue weighted by Crippen LogP contribution is 2.25. The third kappa shape index (κ3) is 2.37. The first kappa shape index (κ1) is 11.6. The maximum absolute atomic E-state index is 12.2. The second-order valence-corrected chi connectivity index (χ2v) is 4.28. The average molecular weight is 255 g/mol. The summed E-state index contributed by atoms with van der Waals surface area (Å²) in [6, 6.07) is 5.68. The molecule has 0 unspecified atom stereocenters. The Morgan fingerprint density at radius 1 is 1.32 bits per heavy atom. The maximum atomic E-state index is 12.2. The summed E-state index contributed by atoms with van der Waals surface area (Å²) < 4.78 is 0. The maximum Gasteiger partial charge on any atom is 0.258 e. The summed E-state index contributed by atoms with van der Waals surface area (Å²) in [5.74, 6) is 0.0161. The molecule has 0 bridgehead atoms. The van der Waals surface area contributed by atoms with Crippen molar-refractivity contribution in [3.8, 4) is 0 Å².